The molecule has 0 aromatic heterocycles. The molecule has 9 heteroatoms. The van der Waals surface area contributed by atoms with E-state index in [1.807, 2.05) is 57.2 Å². The molecular weight excluding hydrogens is 420 g/mol. The van der Waals surface area contributed by atoms with Crippen LogP contribution in [0.4, 0.5) is 5.69 Å². The summed E-state index contributed by atoms with van der Waals surface area (Å²) in [5.74, 6) is -0.119. The second kappa shape index (κ2) is 9.20. The van der Waals surface area contributed by atoms with Crippen molar-refractivity contribution in [1.29, 1.82) is 0 Å². The van der Waals surface area contributed by atoms with E-state index in [9.17, 15) is 13.2 Å². The van der Waals surface area contributed by atoms with Crippen LogP contribution in [0.3, 0.4) is 0 Å². The highest BCUT2D eigenvalue weighted by atomic mass is 32.2. The van der Waals surface area contributed by atoms with E-state index in [4.69, 9.17) is 0 Å². The molecule has 0 spiro atoms. The molecule has 1 heterocycles. The van der Waals surface area contributed by atoms with Gasteiger partial charge in [-0.1, -0.05) is 24.3 Å². The quantitative estimate of drug-likeness (QED) is 0.568. The van der Waals surface area contributed by atoms with Crippen molar-refractivity contribution in [3.63, 3.8) is 0 Å². The van der Waals surface area contributed by atoms with E-state index < -0.39 is 15.6 Å². The average Bonchev–Trinajstić information content (AvgIpc) is 2.69. The van der Waals surface area contributed by atoms with Gasteiger partial charge >= 0.3 is 0 Å². The van der Waals surface area contributed by atoms with Gasteiger partial charge in [-0.15, -0.1) is 0 Å². The van der Waals surface area contributed by atoms with Gasteiger partial charge in [0.05, 0.1) is 22.7 Å². The molecule has 0 unspecified atom stereocenters. The summed E-state index contributed by atoms with van der Waals surface area (Å²) in [6.07, 6.45) is 2.05. The molecule has 0 saturated heterocycles. The summed E-state index contributed by atoms with van der Waals surface area (Å²) < 4.78 is 29.8. The Hall–Kier alpha value is -2.36. The van der Waals surface area contributed by atoms with Crippen molar-refractivity contribution < 1.29 is 13.2 Å². The van der Waals surface area contributed by atoms with E-state index in [0.29, 0.717) is 18.5 Å². The van der Waals surface area contributed by atoms with Crippen LogP contribution >= 0.6 is 11.9 Å². The predicted octanol–water partition coefficient (Wildman–Crippen LogP) is 3.15. The predicted molar refractivity (Wildman–Crippen MR) is 122 cm³/mol. The third-order valence-electron chi connectivity index (χ3n) is 4.24. The van der Waals surface area contributed by atoms with Crippen molar-refractivity contribution in [2.75, 3.05) is 5.75 Å². The van der Waals surface area contributed by atoms with Crippen LogP contribution in [0.2, 0.25) is 0 Å². The number of aliphatic imine (C=N–C) groups is 1. The molecule has 0 bridgehead atoms. The molecule has 2 aromatic carbocycles. The Kier molecular flexibility index (Phi) is 6.84. The van der Waals surface area contributed by atoms with Crippen LogP contribution in [0.5, 0.6) is 0 Å². The zero-order valence-electron chi connectivity index (χ0n) is 17.2. The Morgan fingerprint density at radius 2 is 1.80 bits per heavy atom. The van der Waals surface area contributed by atoms with Crippen LogP contribution in [0.25, 0.3) is 0 Å². The van der Waals surface area contributed by atoms with Crippen LogP contribution in [0.15, 0.2) is 52.4 Å². The number of fused-ring (bicyclic) bond motifs is 1. The molecule has 0 fully saturated rings. The Labute approximate surface area is 181 Å². The van der Waals surface area contributed by atoms with E-state index >= 15 is 0 Å². The van der Waals surface area contributed by atoms with Gasteiger partial charge in [0.15, 0.2) is 0 Å². The van der Waals surface area contributed by atoms with Gasteiger partial charge in [0.25, 0.3) is 5.91 Å². The number of nitrogens with one attached hydrogen (secondary N) is 3. The van der Waals surface area contributed by atoms with Gasteiger partial charge < -0.3 is 10.0 Å². The minimum Gasteiger partial charge on any atom is -0.348 e. The van der Waals surface area contributed by atoms with Crippen LogP contribution in [-0.2, 0) is 23.0 Å². The van der Waals surface area contributed by atoms with Crippen LogP contribution in [0, 0.1) is 0 Å². The topological polar surface area (TPSA) is 99.7 Å². The first kappa shape index (κ1) is 22.3. The number of carbonyl (C=O) groups is 1. The van der Waals surface area contributed by atoms with Gasteiger partial charge in [0, 0.05) is 17.6 Å². The number of sulfonamides is 1. The maximum Gasteiger partial charge on any atom is 0.251 e. The fraction of sp³-hybridized carbons (Fsp3) is 0.333. The lowest BCUT2D eigenvalue weighted by atomic mass is 10.1. The molecule has 1 aliphatic heterocycles. The summed E-state index contributed by atoms with van der Waals surface area (Å²) in [7, 11) is -3.33. The molecule has 2 aromatic rings. The zero-order chi connectivity index (χ0) is 21.8. The summed E-state index contributed by atoms with van der Waals surface area (Å²) in [6.45, 7) is 5.86. The van der Waals surface area contributed by atoms with Gasteiger partial charge in [0.2, 0.25) is 10.0 Å². The van der Waals surface area contributed by atoms with Gasteiger partial charge in [0.1, 0.15) is 0 Å². The third kappa shape index (κ3) is 6.58. The van der Waals surface area contributed by atoms with Crippen LogP contribution < -0.4 is 14.8 Å². The van der Waals surface area contributed by atoms with Crippen LogP contribution in [-0.4, -0.2) is 32.0 Å². The standard InChI is InChI=1S/C21H26N4O3S2/c1-21(2,3)25-30(27,28)11-10-15-4-6-16(7-5-15)13-22-20(26)17-8-9-18-19(12-17)29-24-14-23-18/h4-9,12,14,25H,10-11,13H2,1-3H3,(H,22,26)(H,23,24). The van der Waals surface area contributed by atoms with Crippen LogP contribution in [0.1, 0.15) is 42.3 Å². The molecule has 3 N–H and O–H groups in total. The maximum absolute atomic E-state index is 12.4. The second-order valence-corrected chi connectivity index (χ2v) is 10.8. The first-order chi connectivity index (χ1) is 14.1. The van der Waals surface area contributed by atoms with Crippen molar-refractivity contribution in [1.82, 2.24) is 14.8 Å². The number of rotatable bonds is 7. The molecule has 160 valence electrons. The molecular formula is C21H26N4O3S2. The molecule has 1 aliphatic rings. The largest absolute Gasteiger partial charge is 0.348 e. The highest BCUT2D eigenvalue weighted by Crippen LogP contribution is 2.30. The van der Waals surface area contributed by atoms with Crippen molar-refractivity contribution in [2.24, 2.45) is 4.99 Å². The molecule has 30 heavy (non-hydrogen) atoms. The number of carbonyl (C=O) groups excluding carboxylic acids is 1. The molecule has 3 rings (SSSR count). The third-order valence-corrected chi connectivity index (χ3v) is 6.68. The molecule has 0 aliphatic carbocycles. The SMILES string of the molecule is CC(C)(C)NS(=O)(=O)CCc1ccc(CNC(=O)c2ccc3c(c2)SNC=N3)cc1. The lowest BCUT2D eigenvalue weighted by Gasteiger charge is -2.20. The van der Waals surface area contributed by atoms with E-state index in [1.165, 1.54) is 11.9 Å². The fourth-order valence-electron chi connectivity index (χ4n) is 2.91. The van der Waals surface area contributed by atoms with Gasteiger partial charge in [-0.25, -0.2) is 18.1 Å². The maximum atomic E-state index is 12.4. The minimum absolute atomic E-state index is 0.0373. The van der Waals surface area contributed by atoms with Crippen molar-refractivity contribution in [3.8, 4) is 0 Å². The first-order valence-corrected chi connectivity index (χ1v) is 12.0. The lowest BCUT2D eigenvalue weighted by molar-refractivity contribution is 0.0950. The fourth-order valence-corrected chi connectivity index (χ4v) is 5.09. The Morgan fingerprint density at radius 1 is 1.10 bits per heavy atom. The summed E-state index contributed by atoms with van der Waals surface area (Å²) in [5, 5.41) is 2.91. The number of hydrogen-bond donors (Lipinski definition) is 3. The summed E-state index contributed by atoms with van der Waals surface area (Å²) in [5.41, 5.74) is 2.81. The summed E-state index contributed by atoms with van der Waals surface area (Å²) in [4.78, 5) is 17.6. The smallest absolute Gasteiger partial charge is 0.251 e. The molecule has 7 nitrogen and oxygen atoms in total. The van der Waals surface area contributed by atoms with Crippen molar-refractivity contribution in [3.05, 3.63) is 59.2 Å². The molecule has 0 atom stereocenters. The molecule has 0 radical (unpaired) electrons. The number of nitrogens with zero attached hydrogens (tertiary/aromatic N) is 1. The summed E-state index contributed by atoms with van der Waals surface area (Å²) in [6, 6.07) is 13.0. The average molecular weight is 447 g/mol. The lowest BCUT2D eigenvalue weighted by Crippen LogP contribution is -2.42. The molecule has 0 saturated carbocycles. The highest BCUT2D eigenvalue weighted by Gasteiger charge is 2.19. The van der Waals surface area contributed by atoms with Gasteiger partial charge in [-0.05, 0) is 68.5 Å². The van der Waals surface area contributed by atoms with Gasteiger partial charge in [-0.3, -0.25) is 4.79 Å². The Morgan fingerprint density at radius 3 is 2.50 bits per heavy atom. The first-order valence-electron chi connectivity index (χ1n) is 9.58. The summed E-state index contributed by atoms with van der Waals surface area (Å²) >= 11 is 1.42. The number of aryl methyl sites for hydroxylation is 1. The zero-order valence-corrected chi connectivity index (χ0v) is 18.9. The van der Waals surface area contributed by atoms with E-state index in [0.717, 1.165) is 21.7 Å². The number of benzene rings is 2. The van der Waals surface area contributed by atoms with Gasteiger partial charge in [-0.2, -0.15) is 0 Å². The number of amides is 1. The van der Waals surface area contributed by atoms with Crippen molar-refractivity contribution in [2.45, 2.75) is 44.2 Å². The monoisotopic (exact) mass is 446 g/mol. The highest BCUT2D eigenvalue weighted by molar-refractivity contribution is 7.98. The van der Waals surface area contributed by atoms with E-state index in [1.54, 1.807) is 12.4 Å². The second-order valence-electron chi connectivity index (χ2n) is 8.08. The minimum atomic E-state index is -3.33. The number of hydrogen-bond acceptors (Lipinski definition) is 6. The normalized spacial score (nSPS) is 13.4. The van der Waals surface area contributed by atoms with Crippen molar-refractivity contribution >= 4 is 39.9 Å². The molecule has 1 amide bonds. The van der Waals surface area contributed by atoms with E-state index in [-0.39, 0.29) is 11.7 Å². The Balaban J connectivity index is 1.52. The Bertz CT molecular complexity index is 1040. The van der Waals surface area contributed by atoms with E-state index in [2.05, 4.69) is 19.8 Å².